The van der Waals surface area contributed by atoms with E-state index < -0.39 is 18.6 Å². The third kappa shape index (κ3) is 5.10. The summed E-state index contributed by atoms with van der Waals surface area (Å²) in [6, 6.07) is 1.18. The second-order valence-electron chi connectivity index (χ2n) is 2.38. The van der Waals surface area contributed by atoms with E-state index in [4.69, 9.17) is 11.7 Å². The number of terminal acetylenes is 1. The molecule has 0 aliphatic carbocycles. The van der Waals surface area contributed by atoms with Gasteiger partial charge in [0.2, 0.25) is 0 Å². The van der Waals surface area contributed by atoms with Crippen LogP contribution >= 0.6 is 0 Å². The number of hydrogen-bond acceptors (Lipinski definition) is 2. The summed E-state index contributed by atoms with van der Waals surface area (Å²) in [6.45, 7) is -0.105. The normalized spacial score (nSPS) is 13.0. The maximum Gasteiger partial charge on any atom is 0.405 e. The lowest BCUT2D eigenvalue weighted by Gasteiger charge is -2.12. The first-order valence-corrected chi connectivity index (χ1v) is 3.63. The van der Waals surface area contributed by atoms with Crippen LogP contribution in [0.1, 0.15) is 6.42 Å². The molecule has 1 unspecified atom stereocenters. The van der Waals surface area contributed by atoms with Crippen LogP contribution in [0.5, 0.6) is 0 Å². The van der Waals surface area contributed by atoms with Crippen molar-refractivity contribution in [2.45, 2.75) is 12.6 Å². The summed E-state index contributed by atoms with van der Waals surface area (Å²) in [5.41, 5.74) is 0. The molecule has 2 nitrogen and oxygen atoms in total. The lowest BCUT2D eigenvalue weighted by Crippen LogP contribution is -2.32. The number of nitrogens with zero attached hydrogens (tertiary/aromatic N) is 1. The standard InChI is InChI=1S/C8H9F3N2/c1-2-3-4-13-6-7(5-12)8(9,10)11/h1,7,13H,3-4,6H2. The lowest BCUT2D eigenvalue weighted by atomic mass is 10.1. The van der Waals surface area contributed by atoms with Crippen molar-refractivity contribution in [3.63, 3.8) is 0 Å². The largest absolute Gasteiger partial charge is 0.405 e. The molecule has 0 rings (SSSR count). The molecule has 0 saturated carbocycles. The van der Waals surface area contributed by atoms with Crippen LogP contribution in [0.15, 0.2) is 0 Å². The van der Waals surface area contributed by atoms with Gasteiger partial charge < -0.3 is 5.32 Å². The Balaban J connectivity index is 3.77. The van der Waals surface area contributed by atoms with Crippen molar-refractivity contribution in [3.05, 3.63) is 0 Å². The summed E-state index contributed by atoms with van der Waals surface area (Å²) < 4.78 is 35.8. The molecule has 0 fully saturated rings. The predicted octanol–water partition coefficient (Wildman–Crippen LogP) is 1.30. The van der Waals surface area contributed by atoms with Gasteiger partial charge in [0.1, 0.15) is 0 Å². The average Bonchev–Trinajstić information content (AvgIpc) is 2.02. The summed E-state index contributed by atoms with van der Waals surface area (Å²) in [7, 11) is 0. The van der Waals surface area contributed by atoms with E-state index in [0.717, 1.165) is 0 Å². The third-order valence-electron chi connectivity index (χ3n) is 1.35. The quantitative estimate of drug-likeness (QED) is 0.535. The van der Waals surface area contributed by atoms with Crippen LogP contribution in [-0.4, -0.2) is 19.3 Å². The van der Waals surface area contributed by atoms with Crippen LogP contribution in [0.4, 0.5) is 13.2 Å². The van der Waals surface area contributed by atoms with Gasteiger partial charge in [-0.3, -0.25) is 0 Å². The number of rotatable bonds is 4. The van der Waals surface area contributed by atoms with Gasteiger partial charge in [-0.2, -0.15) is 18.4 Å². The Morgan fingerprint density at radius 3 is 2.46 bits per heavy atom. The second kappa shape index (κ2) is 5.45. The van der Waals surface area contributed by atoms with Gasteiger partial charge in [-0.15, -0.1) is 12.3 Å². The molecule has 1 atom stereocenters. The van der Waals surface area contributed by atoms with E-state index in [1.807, 2.05) is 0 Å². The van der Waals surface area contributed by atoms with Gasteiger partial charge in [0.25, 0.3) is 0 Å². The smallest absolute Gasteiger partial charge is 0.314 e. The van der Waals surface area contributed by atoms with Crippen LogP contribution in [0.3, 0.4) is 0 Å². The van der Waals surface area contributed by atoms with Gasteiger partial charge in [0, 0.05) is 19.5 Å². The molecule has 0 heterocycles. The zero-order valence-electron chi connectivity index (χ0n) is 6.86. The highest BCUT2D eigenvalue weighted by molar-refractivity contribution is 4.90. The molecular weight excluding hydrogens is 181 g/mol. The van der Waals surface area contributed by atoms with E-state index in [2.05, 4.69) is 11.2 Å². The first-order chi connectivity index (χ1) is 6.02. The Bertz CT molecular complexity index is 221. The maximum atomic E-state index is 11.9. The molecule has 5 heteroatoms. The summed E-state index contributed by atoms with van der Waals surface area (Å²) in [6.07, 6.45) is 0.783. The number of nitriles is 1. The minimum Gasteiger partial charge on any atom is -0.314 e. The average molecular weight is 190 g/mol. The van der Waals surface area contributed by atoms with E-state index >= 15 is 0 Å². The van der Waals surface area contributed by atoms with E-state index in [-0.39, 0.29) is 0 Å². The Hall–Kier alpha value is -1.20. The summed E-state index contributed by atoms with van der Waals surface area (Å²) in [5.74, 6) is 0.318. The molecule has 1 N–H and O–H groups in total. The van der Waals surface area contributed by atoms with Crippen LogP contribution in [-0.2, 0) is 0 Å². The molecule has 0 bridgehead atoms. The highest BCUT2D eigenvalue weighted by Crippen LogP contribution is 2.24. The van der Waals surface area contributed by atoms with E-state index in [1.54, 1.807) is 0 Å². The Kier molecular flexibility index (Phi) is 4.94. The minimum atomic E-state index is -4.46. The van der Waals surface area contributed by atoms with Crippen molar-refractivity contribution >= 4 is 0 Å². The fraction of sp³-hybridized carbons (Fsp3) is 0.625. The lowest BCUT2D eigenvalue weighted by molar-refractivity contribution is -0.157. The van der Waals surface area contributed by atoms with Crippen LogP contribution in [0, 0.1) is 29.6 Å². The third-order valence-corrected chi connectivity index (χ3v) is 1.35. The molecule has 0 aromatic rings. The summed E-state index contributed by atoms with van der Waals surface area (Å²) in [4.78, 5) is 0. The molecule has 0 radical (unpaired) electrons. The molecule has 0 aromatic carbocycles. The van der Waals surface area contributed by atoms with Crippen LogP contribution < -0.4 is 5.32 Å². The number of hydrogen-bond donors (Lipinski definition) is 1. The second-order valence-corrected chi connectivity index (χ2v) is 2.38. The van der Waals surface area contributed by atoms with E-state index in [1.165, 1.54) is 6.07 Å². The predicted molar refractivity (Wildman–Crippen MR) is 41.5 cm³/mol. The highest BCUT2D eigenvalue weighted by Gasteiger charge is 2.39. The minimum absolute atomic E-state index is 0.296. The fourth-order valence-corrected chi connectivity index (χ4v) is 0.642. The Labute approximate surface area is 74.7 Å². The molecule has 0 aliphatic rings. The summed E-state index contributed by atoms with van der Waals surface area (Å²) >= 11 is 0. The molecule has 72 valence electrons. The molecule has 0 amide bonds. The molecule has 0 spiro atoms. The van der Waals surface area contributed by atoms with Crippen molar-refractivity contribution in [1.82, 2.24) is 5.32 Å². The highest BCUT2D eigenvalue weighted by atomic mass is 19.4. The fourth-order valence-electron chi connectivity index (χ4n) is 0.642. The Morgan fingerprint density at radius 2 is 2.08 bits per heavy atom. The van der Waals surface area contributed by atoms with E-state index in [9.17, 15) is 13.2 Å². The zero-order chi connectivity index (χ0) is 10.3. The topological polar surface area (TPSA) is 35.8 Å². The summed E-state index contributed by atoms with van der Waals surface area (Å²) in [5, 5.41) is 10.6. The first-order valence-electron chi connectivity index (χ1n) is 3.63. The van der Waals surface area contributed by atoms with Crippen LogP contribution in [0.2, 0.25) is 0 Å². The van der Waals surface area contributed by atoms with E-state index in [0.29, 0.717) is 13.0 Å². The number of nitrogens with one attached hydrogen (secondary N) is 1. The number of alkyl halides is 3. The Morgan fingerprint density at radius 1 is 1.46 bits per heavy atom. The van der Waals surface area contributed by atoms with Crippen molar-refractivity contribution in [1.29, 1.82) is 5.26 Å². The SMILES string of the molecule is C#CCCNCC(C#N)C(F)(F)F. The van der Waals surface area contributed by atoms with Gasteiger partial charge in [-0.05, 0) is 0 Å². The molecule has 0 saturated heterocycles. The maximum absolute atomic E-state index is 11.9. The van der Waals surface area contributed by atoms with Gasteiger partial charge in [-0.25, -0.2) is 0 Å². The number of halogens is 3. The van der Waals surface area contributed by atoms with Gasteiger partial charge in [-0.1, -0.05) is 0 Å². The van der Waals surface area contributed by atoms with Crippen molar-refractivity contribution in [2.24, 2.45) is 5.92 Å². The van der Waals surface area contributed by atoms with Crippen molar-refractivity contribution in [3.8, 4) is 18.4 Å². The first kappa shape index (κ1) is 11.8. The van der Waals surface area contributed by atoms with Crippen molar-refractivity contribution < 1.29 is 13.2 Å². The molecule has 0 aliphatic heterocycles. The zero-order valence-corrected chi connectivity index (χ0v) is 6.86. The van der Waals surface area contributed by atoms with Gasteiger partial charge in [0.15, 0.2) is 5.92 Å². The molecule has 13 heavy (non-hydrogen) atoms. The van der Waals surface area contributed by atoms with Gasteiger partial charge >= 0.3 is 6.18 Å². The monoisotopic (exact) mass is 190 g/mol. The van der Waals surface area contributed by atoms with Gasteiger partial charge in [0.05, 0.1) is 6.07 Å². The van der Waals surface area contributed by atoms with Crippen molar-refractivity contribution in [2.75, 3.05) is 13.1 Å². The molecular formula is C8H9F3N2. The van der Waals surface area contributed by atoms with Crippen LogP contribution in [0.25, 0.3) is 0 Å². The molecule has 0 aromatic heterocycles.